The molecule has 8 heteroatoms. The predicted octanol–water partition coefficient (Wildman–Crippen LogP) is 6.88. The molecule has 1 aliphatic rings. The van der Waals surface area contributed by atoms with Crippen molar-refractivity contribution >= 4 is 61.9 Å². The van der Waals surface area contributed by atoms with Gasteiger partial charge in [0.15, 0.2) is 5.78 Å². The number of carbonyl (C=O) groups is 4. The van der Waals surface area contributed by atoms with Crippen molar-refractivity contribution in [3.05, 3.63) is 105 Å². The van der Waals surface area contributed by atoms with Crippen LogP contribution in [0.1, 0.15) is 43.9 Å². The number of benzene rings is 4. The Kier molecular flexibility index (Phi) is 7.15. The largest absolute Gasteiger partial charge is 0.481 e. The molecule has 1 heterocycles. The second-order valence-electron chi connectivity index (χ2n) is 9.12. The first-order valence-corrected chi connectivity index (χ1v) is 13.1. The van der Waals surface area contributed by atoms with E-state index in [2.05, 4.69) is 15.9 Å². The normalized spacial score (nSPS) is 13.6. The average molecular weight is 591 g/mol. The molecule has 0 saturated carbocycles. The summed E-state index contributed by atoms with van der Waals surface area (Å²) >= 11 is 9.40. The number of amides is 2. The van der Waals surface area contributed by atoms with Gasteiger partial charge in [-0.3, -0.25) is 24.1 Å². The van der Waals surface area contributed by atoms with E-state index in [-0.39, 0.29) is 25.2 Å². The third-order valence-corrected chi connectivity index (χ3v) is 7.75. The Morgan fingerprint density at radius 3 is 2.08 bits per heavy atom. The van der Waals surface area contributed by atoms with E-state index in [0.717, 1.165) is 25.9 Å². The van der Waals surface area contributed by atoms with Gasteiger partial charge in [-0.25, -0.2) is 0 Å². The number of Topliss-reactive ketones (excluding diaryl/α,β-unsaturated/α-hetero) is 1. The Morgan fingerprint density at radius 2 is 1.45 bits per heavy atom. The van der Waals surface area contributed by atoms with E-state index < -0.39 is 23.7 Å². The summed E-state index contributed by atoms with van der Waals surface area (Å²) in [5, 5.41) is 11.8. The number of hydrogen-bond donors (Lipinski definition) is 1. The number of carbonyl (C=O) groups excluding carboxylic acids is 3. The summed E-state index contributed by atoms with van der Waals surface area (Å²) in [7, 11) is 0. The fourth-order valence-corrected chi connectivity index (χ4v) is 5.33. The minimum atomic E-state index is -1.15. The summed E-state index contributed by atoms with van der Waals surface area (Å²) in [6.45, 7) is -0.108. The Labute approximate surface area is 232 Å². The van der Waals surface area contributed by atoms with Crippen molar-refractivity contribution in [2.75, 3.05) is 6.54 Å². The molecular formula is C30H21BrClNO5. The number of nitrogens with zero attached hydrogens (tertiary/aromatic N) is 1. The van der Waals surface area contributed by atoms with Crippen LogP contribution in [0.4, 0.5) is 0 Å². The monoisotopic (exact) mass is 589 g/mol. The molecule has 38 heavy (non-hydrogen) atoms. The summed E-state index contributed by atoms with van der Waals surface area (Å²) in [6, 6.07) is 22.9. The maximum atomic E-state index is 13.2. The zero-order chi connectivity index (χ0) is 27.0. The van der Waals surface area contributed by atoms with Crippen molar-refractivity contribution in [1.29, 1.82) is 0 Å². The molecular weight excluding hydrogens is 570 g/mol. The van der Waals surface area contributed by atoms with Crippen molar-refractivity contribution in [1.82, 2.24) is 4.90 Å². The van der Waals surface area contributed by atoms with E-state index in [0.29, 0.717) is 27.1 Å². The van der Waals surface area contributed by atoms with Crippen LogP contribution in [0, 0.1) is 5.92 Å². The first kappa shape index (κ1) is 25.8. The van der Waals surface area contributed by atoms with Crippen LogP contribution in [0.3, 0.4) is 0 Å². The van der Waals surface area contributed by atoms with E-state index in [1.165, 1.54) is 0 Å². The maximum absolute atomic E-state index is 13.2. The molecule has 0 fully saturated rings. The third kappa shape index (κ3) is 4.87. The van der Waals surface area contributed by atoms with Crippen LogP contribution in [0.5, 0.6) is 0 Å². The Bertz CT molecular complexity index is 1580. The summed E-state index contributed by atoms with van der Waals surface area (Å²) in [5.74, 6) is -3.48. The summed E-state index contributed by atoms with van der Waals surface area (Å²) in [4.78, 5) is 52.4. The Morgan fingerprint density at radius 1 is 0.842 bits per heavy atom. The molecule has 0 aliphatic carbocycles. The van der Waals surface area contributed by atoms with Crippen molar-refractivity contribution in [2.24, 2.45) is 5.92 Å². The van der Waals surface area contributed by atoms with E-state index in [1.807, 2.05) is 18.2 Å². The number of ketones is 1. The second-order valence-corrected chi connectivity index (χ2v) is 10.4. The van der Waals surface area contributed by atoms with Crippen LogP contribution in [0.15, 0.2) is 83.3 Å². The smallest absolute Gasteiger partial charge is 0.307 e. The highest BCUT2D eigenvalue weighted by molar-refractivity contribution is 9.10. The van der Waals surface area contributed by atoms with Crippen LogP contribution in [0.25, 0.3) is 21.9 Å². The summed E-state index contributed by atoms with van der Waals surface area (Å²) in [5.41, 5.74) is 3.02. The van der Waals surface area contributed by atoms with Gasteiger partial charge in [-0.2, -0.15) is 0 Å². The maximum Gasteiger partial charge on any atom is 0.307 e. The fraction of sp³-hybridized carbons (Fsp3) is 0.133. The molecule has 5 rings (SSSR count). The van der Waals surface area contributed by atoms with Gasteiger partial charge in [0.25, 0.3) is 11.8 Å². The molecule has 1 N–H and O–H groups in total. The number of imide groups is 1. The molecule has 0 aromatic heterocycles. The van der Waals surface area contributed by atoms with Gasteiger partial charge in [0.1, 0.15) is 0 Å². The van der Waals surface area contributed by atoms with Gasteiger partial charge in [0.2, 0.25) is 0 Å². The van der Waals surface area contributed by atoms with Crippen LogP contribution in [-0.2, 0) is 4.79 Å². The minimum Gasteiger partial charge on any atom is -0.481 e. The van der Waals surface area contributed by atoms with Crippen LogP contribution in [-0.4, -0.2) is 40.1 Å². The van der Waals surface area contributed by atoms with Gasteiger partial charge in [0.05, 0.1) is 5.92 Å². The highest BCUT2D eigenvalue weighted by Crippen LogP contribution is 2.34. The molecule has 6 nitrogen and oxygen atoms in total. The quantitative estimate of drug-likeness (QED) is 0.178. The molecule has 4 aromatic carbocycles. The molecule has 0 saturated heterocycles. The number of carboxylic acids is 1. The summed E-state index contributed by atoms with van der Waals surface area (Å²) in [6.07, 6.45) is -0.284. The van der Waals surface area contributed by atoms with E-state index in [9.17, 15) is 24.3 Å². The lowest BCUT2D eigenvalue weighted by Gasteiger charge is -2.28. The lowest BCUT2D eigenvalue weighted by Crippen LogP contribution is -2.42. The van der Waals surface area contributed by atoms with Crippen molar-refractivity contribution in [3.63, 3.8) is 0 Å². The summed E-state index contributed by atoms with van der Waals surface area (Å²) < 4.78 is 0.776. The lowest BCUT2D eigenvalue weighted by molar-refractivity contribution is -0.142. The number of rotatable bonds is 8. The number of aliphatic carboxylic acids is 1. The second kappa shape index (κ2) is 10.5. The molecule has 190 valence electrons. The van der Waals surface area contributed by atoms with Gasteiger partial charge in [0, 0.05) is 44.5 Å². The first-order chi connectivity index (χ1) is 18.2. The first-order valence-electron chi connectivity index (χ1n) is 11.9. The molecule has 1 atom stereocenters. The molecule has 0 radical (unpaired) electrons. The number of halogens is 2. The van der Waals surface area contributed by atoms with Crippen LogP contribution < -0.4 is 0 Å². The minimum absolute atomic E-state index is 0.0384. The Balaban J connectivity index is 1.29. The van der Waals surface area contributed by atoms with Gasteiger partial charge in [-0.15, -0.1) is 0 Å². The molecule has 0 bridgehead atoms. The highest BCUT2D eigenvalue weighted by atomic mass is 79.9. The SMILES string of the molecule is O=C(CC(CCN1C(=O)c2cccc3c(Br)ccc(c23)C1=O)C(=O)O)c1ccc(-c2ccc(Cl)cc2)cc1. The topological polar surface area (TPSA) is 91.8 Å². The molecule has 4 aromatic rings. The van der Waals surface area contributed by atoms with E-state index in [4.69, 9.17) is 11.6 Å². The van der Waals surface area contributed by atoms with Crippen molar-refractivity contribution in [2.45, 2.75) is 12.8 Å². The average Bonchev–Trinajstić information content (AvgIpc) is 2.92. The zero-order valence-electron chi connectivity index (χ0n) is 20.0. The molecule has 1 aliphatic heterocycles. The molecule has 2 amide bonds. The van der Waals surface area contributed by atoms with Gasteiger partial charge in [-0.05, 0) is 53.3 Å². The molecule has 0 spiro atoms. The lowest BCUT2D eigenvalue weighted by atomic mass is 9.92. The van der Waals surface area contributed by atoms with Crippen molar-refractivity contribution in [3.8, 4) is 11.1 Å². The van der Waals surface area contributed by atoms with E-state index in [1.54, 1.807) is 60.7 Å². The Hall–Kier alpha value is -3.81. The number of carboxylic acid groups (broad SMARTS) is 1. The van der Waals surface area contributed by atoms with Crippen molar-refractivity contribution < 1.29 is 24.3 Å². The number of hydrogen-bond acceptors (Lipinski definition) is 4. The third-order valence-electron chi connectivity index (χ3n) is 6.81. The van der Waals surface area contributed by atoms with Gasteiger partial charge < -0.3 is 5.11 Å². The van der Waals surface area contributed by atoms with E-state index >= 15 is 0 Å². The molecule has 1 unspecified atom stereocenters. The van der Waals surface area contributed by atoms with Crippen LogP contribution in [0.2, 0.25) is 5.02 Å². The van der Waals surface area contributed by atoms with Gasteiger partial charge >= 0.3 is 5.97 Å². The fourth-order valence-electron chi connectivity index (χ4n) is 4.74. The predicted molar refractivity (Wildman–Crippen MR) is 149 cm³/mol. The highest BCUT2D eigenvalue weighted by Gasteiger charge is 2.34. The zero-order valence-corrected chi connectivity index (χ0v) is 22.3. The van der Waals surface area contributed by atoms with Crippen LogP contribution >= 0.6 is 27.5 Å². The van der Waals surface area contributed by atoms with Gasteiger partial charge in [-0.1, -0.05) is 76.1 Å². The standard InChI is InChI=1S/C30H21BrClNO5/c31-25-13-12-24-27-22(25)2-1-3-23(27)28(35)33(29(24)36)15-14-20(30(37)38)16-26(34)19-6-4-17(5-7-19)18-8-10-21(32)11-9-18/h1-13,20H,14-16H2,(H,37,38).